The van der Waals surface area contributed by atoms with Crippen molar-refractivity contribution in [1.29, 1.82) is 0 Å². The summed E-state index contributed by atoms with van der Waals surface area (Å²) in [5.41, 5.74) is 0. The first-order chi connectivity index (χ1) is 7.24. The minimum Gasteiger partial charge on any atom is -0.382 e. The van der Waals surface area contributed by atoms with Crippen LogP contribution >= 0.6 is 0 Å². The first kappa shape index (κ1) is 14.8. The molecule has 0 aliphatic heterocycles. The molecule has 0 spiro atoms. The van der Waals surface area contributed by atoms with Crippen molar-refractivity contribution in [3.05, 3.63) is 0 Å². The number of hydrogen-bond donors (Lipinski definition) is 0. The van der Waals surface area contributed by atoms with Crippen LogP contribution in [0.15, 0.2) is 0 Å². The second-order valence-electron chi connectivity index (χ2n) is 3.53. The van der Waals surface area contributed by atoms with Gasteiger partial charge in [-0.15, -0.1) is 0 Å². The van der Waals surface area contributed by atoms with Crippen molar-refractivity contribution in [2.24, 2.45) is 0 Å². The largest absolute Gasteiger partial charge is 0.382 e. The third-order valence-electron chi connectivity index (χ3n) is 1.95. The highest BCUT2D eigenvalue weighted by Gasteiger charge is 2.10. The van der Waals surface area contributed by atoms with Gasteiger partial charge in [-0.3, -0.25) is 0 Å². The topological polar surface area (TPSA) is 36.9 Å². The van der Waals surface area contributed by atoms with E-state index in [-0.39, 0.29) is 12.2 Å². The Labute approximate surface area is 92.8 Å². The van der Waals surface area contributed by atoms with Gasteiger partial charge in [0.1, 0.15) is 6.10 Å². The molecule has 0 rings (SSSR count). The fraction of sp³-hybridized carbons (Fsp3) is 1.00. The van der Waals surface area contributed by atoms with Crippen LogP contribution in [0.2, 0.25) is 0 Å². The van der Waals surface area contributed by atoms with E-state index in [1.165, 1.54) is 0 Å². The lowest BCUT2D eigenvalue weighted by Gasteiger charge is -2.18. The highest BCUT2D eigenvalue weighted by molar-refractivity contribution is 4.56. The summed E-state index contributed by atoms with van der Waals surface area (Å²) >= 11 is 0. The summed E-state index contributed by atoms with van der Waals surface area (Å²) in [5.74, 6) is 0. The molecule has 2 unspecified atom stereocenters. The van der Waals surface area contributed by atoms with Crippen molar-refractivity contribution in [3.8, 4) is 0 Å². The van der Waals surface area contributed by atoms with Crippen LogP contribution in [0.25, 0.3) is 0 Å². The fourth-order valence-electron chi connectivity index (χ4n) is 1.10. The number of hydrogen-bond acceptors (Lipinski definition) is 4. The molecular weight excluding hydrogens is 196 g/mol. The first-order valence-electron chi connectivity index (χ1n) is 5.45. The average Bonchev–Trinajstić information content (AvgIpc) is 2.23. The maximum absolute atomic E-state index is 5.54. The smallest absolute Gasteiger partial charge is 0.104 e. The summed E-state index contributed by atoms with van der Waals surface area (Å²) < 4.78 is 21.1. The standard InChI is InChI=1S/C11H24O4/c1-5-6-14-8-11(13-4)9-15-10(2)7-12-3/h10-11H,5-9H2,1-4H3. The van der Waals surface area contributed by atoms with E-state index in [2.05, 4.69) is 6.92 Å². The van der Waals surface area contributed by atoms with E-state index in [1.807, 2.05) is 6.92 Å². The third-order valence-corrected chi connectivity index (χ3v) is 1.95. The minimum atomic E-state index is 0.0101. The number of methoxy groups -OCH3 is 2. The zero-order valence-corrected chi connectivity index (χ0v) is 10.3. The van der Waals surface area contributed by atoms with E-state index < -0.39 is 0 Å². The Hall–Kier alpha value is -0.160. The molecule has 0 N–H and O–H groups in total. The predicted octanol–water partition coefficient (Wildman–Crippen LogP) is 1.48. The van der Waals surface area contributed by atoms with E-state index in [9.17, 15) is 0 Å². The molecule has 0 saturated carbocycles. The summed E-state index contributed by atoms with van der Waals surface area (Å²) in [7, 11) is 3.34. The Morgan fingerprint density at radius 1 is 1.07 bits per heavy atom. The van der Waals surface area contributed by atoms with Crippen molar-refractivity contribution in [2.45, 2.75) is 32.5 Å². The van der Waals surface area contributed by atoms with Crippen LogP contribution in [0.3, 0.4) is 0 Å². The molecule has 0 heterocycles. The van der Waals surface area contributed by atoms with Crippen LogP contribution in [-0.2, 0) is 18.9 Å². The third kappa shape index (κ3) is 8.81. The Kier molecular flexibility index (Phi) is 10.3. The van der Waals surface area contributed by atoms with E-state index in [4.69, 9.17) is 18.9 Å². The Morgan fingerprint density at radius 3 is 2.33 bits per heavy atom. The van der Waals surface area contributed by atoms with Gasteiger partial charge < -0.3 is 18.9 Å². The maximum atomic E-state index is 5.54. The lowest BCUT2D eigenvalue weighted by molar-refractivity contribution is -0.0709. The molecule has 0 aromatic carbocycles. The quantitative estimate of drug-likeness (QED) is 0.523. The maximum Gasteiger partial charge on any atom is 0.104 e. The van der Waals surface area contributed by atoms with Crippen molar-refractivity contribution in [2.75, 3.05) is 40.6 Å². The van der Waals surface area contributed by atoms with Crippen LogP contribution in [0, 0.1) is 0 Å². The molecule has 0 radical (unpaired) electrons. The summed E-state index contributed by atoms with van der Waals surface area (Å²) in [6.45, 7) is 6.57. The van der Waals surface area contributed by atoms with E-state index in [0.29, 0.717) is 19.8 Å². The van der Waals surface area contributed by atoms with Gasteiger partial charge >= 0.3 is 0 Å². The Bertz CT molecular complexity index is 130. The highest BCUT2D eigenvalue weighted by atomic mass is 16.6. The lowest BCUT2D eigenvalue weighted by Crippen LogP contribution is -2.28. The number of rotatable bonds is 10. The summed E-state index contributed by atoms with van der Waals surface area (Å²) in [6, 6.07) is 0. The van der Waals surface area contributed by atoms with Crippen LogP contribution in [0.1, 0.15) is 20.3 Å². The van der Waals surface area contributed by atoms with Gasteiger partial charge in [0.2, 0.25) is 0 Å². The minimum absolute atomic E-state index is 0.0101. The second kappa shape index (κ2) is 10.4. The molecule has 0 aromatic rings. The van der Waals surface area contributed by atoms with E-state index in [1.54, 1.807) is 14.2 Å². The summed E-state index contributed by atoms with van der Waals surface area (Å²) in [5, 5.41) is 0. The molecular formula is C11H24O4. The second-order valence-corrected chi connectivity index (χ2v) is 3.53. The fourth-order valence-corrected chi connectivity index (χ4v) is 1.10. The van der Waals surface area contributed by atoms with Gasteiger partial charge in [-0.1, -0.05) is 6.92 Å². The first-order valence-corrected chi connectivity index (χ1v) is 5.45. The molecule has 0 aliphatic carbocycles. The Morgan fingerprint density at radius 2 is 1.80 bits per heavy atom. The highest BCUT2D eigenvalue weighted by Crippen LogP contribution is 1.98. The van der Waals surface area contributed by atoms with Crippen LogP contribution in [-0.4, -0.2) is 52.9 Å². The van der Waals surface area contributed by atoms with Gasteiger partial charge in [-0.2, -0.15) is 0 Å². The molecule has 0 saturated heterocycles. The molecule has 0 bridgehead atoms. The van der Waals surface area contributed by atoms with Crippen molar-refractivity contribution in [3.63, 3.8) is 0 Å². The Balaban J connectivity index is 3.51. The molecule has 0 aliphatic rings. The van der Waals surface area contributed by atoms with Crippen molar-refractivity contribution < 1.29 is 18.9 Å². The summed E-state index contributed by atoms with van der Waals surface area (Å²) in [4.78, 5) is 0. The molecule has 4 nitrogen and oxygen atoms in total. The number of ether oxygens (including phenoxy) is 4. The SMILES string of the molecule is CCCOCC(COC(C)COC)OC. The van der Waals surface area contributed by atoms with Gasteiger partial charge in [-0.05, 0) is 13.3 Å². The van der Waals surface area contributed by atoms with Gasteiger partial charge in [0.05, 0.1) is 25.9 Å². The zero-order valence-electron chi connectivity index (χ0n) is 10.3. The van der Waals surface area contributed by atoms with Gasteiger partial charge in [-0.25, -0.2) is 0 Å². The van der Waals surface area contributed by atoms with Crippen LogP contribution in [0.5, 0.6) is 0 Å². The molecule has 2 atom stereocenters. The van der Waals surface area contributed by atoms with Gasteiger partial charge in [0.25, 0.3) is 0 Å². The molecule has 0 amide bonds. The molecule has 15 heavy (non-hydrogen) atoms. The molecule has 92 valence electrons. The van der Waals surface area contributed by atoms with Crippen molar-refractivity contribution >= 4 is 0 Å². The van der Waals surface area contributed by atoms with Crippen LogP contribution in [0.4, 0.5) is 0 Å². The van der Waals surface area contributed by atoms with Gasteiger partial charge in [0, 0.05) is 20.8 Å². The normalized spacial score (nSPS) is 15.2. The average molecular weight is 220 g/mol. The molecule has 4 heteroatoms. The van der Waals surface area contributed by atoms with E-state index >= 15 is 0 Å². The monoisotopic (exact) mass is 220 g/mol. The van der Waals surface area contributed by atoms with E-state index in [0.717, 1.165) is 13.0 Å². The predicted molar refractivity (Wildman–Crippen MR) is 59.2 cm³/mol. The molecule has 0 aromatic heterocycles. The lowest BCUT2D eigenvalue weighted by atomic mass is 10.4. The molecule has 0 fully saturated rings. The summed E-state index contributed by atoms with van der Waals surface area (Å²) in [6.07, 6.45) is 1.13. The van der Waals surface area contributed by atoms with Gasteiger partial charge in [0.15, 0.2) is 0 Å². The van der Waals surface area contributed by atoms with Crippen molar-refractivity contribution in [1.82, 2.24) is 0 Å². The zero-order chi connectivity index (χ0) is 11.5. The van der Waals surface area contributed by atoms with Crippen LogP contribution < -0.4 is 0 Å².